The van der Waals surface area contributed by atoms with Crippen molar-refractivity contribution >= 4 is 28.9 Å². The van der Waals surface area contributed by atoms with Gasteiger partial charge >= 0.3 is 0 Å². The zero-order valence-electron chi connectivity index (χ0n) is 13.4. The van der Waals surface area contributed by atoms with Crippen LogP contribution >= 0.6 is 0 Å². The summed E-state index contributed by atoms with van der Waals surface area (Å²) in [5, 5.41) is 5.57. The average molecular weight is 331 g/mol. The summed E-state index contributed by atoms with van der Waals surface area (Å²) in [6, 6.07) is 22.6. The molecule has 0 aromatic heterocycles. The number of carbonyl (C=O) groups excluding carboxylic acids is 2. The number of amides is 2. The van der Waals surface area contributed by atoms with Crippen molar-refractivity contribution in [2.75, 3.05) is 16.4 Å². The first-order valence-corrected chi connectivity index (χ1v) is 7.75. The number of anilines is 3. The molecule has 0 saturated carbocycles. The molecule has 3 rings (SSSR count). The van der Waals surface area contributed by atoms with Crippen LogP contribution in [-0.2, 0) is 0 Å². The van der Waals surface area contributed by atoms with Gasteiger partial charge in [-0.1, -0.05) is 30.3 Å². The molecule has 3 aromatic carbocycles. The van der Waals surface area contributed by atoms with Crippen molar-refractivity contribution < 1.29 is 9.59 Å². The lowest BCUT2D eigenvalue weighted by molar-refractivity contribution is 0.101. The summed E-state index contributed by atoms with van der Waals surface area (Å²) < 4.78 is 0. The number of hydrogen-bond acceptors (Lipinski definition) is 3. The van der Waals surface area contributed by atoms with Gasteiger partial charge in [-0.3, -0.25) is 9.59 Å². The van der Waals surface area contributed by atoms with Gasteiger partial charge in [0.1, 0.15) is 0 Å². The van der Waals surface area contributed by atoms with Crippen molar-refractivity contribution in [3.05, 3.63) is 90.0 Å². The van der Waals surface area contributed by atoms with Crippen LogP contribution in [0, 0.1) is 0 Å². The van der Waals surface area contributed by atoms with Crippen LogP contribution in [0.25, 0.3) is 0 Å². The number of benzene rings is 3. The van der Waals surface area contributed by atoms with Gasteiger partial charge < -0.3 is 16.4 Å². The van der Waals surface area contributed by atoms with E-state index < -0.39 is 0 Å². The van der Waals surface area contributed by atoms with Crippen molar-refractivity contribution in [3.8, 4) is 0 Å². The van der Waals surface area contributed by atoms with Gasteiger partial charge in [-0.15, -0.1) is 0 Å². The second kappa shape index (κ2) is 7.31. The lowest BCUT2D eigenvalue weighted by Crippen LogP contribution is -2.14. The molecule has 0 atom stereocenters. The molecular formula is C20H17N3O2. The average Bonchev–Trinajstić information content (AvgIpc) is 2.62. The number of hydrogen-bond donors (Lipinski definition) is 3. The van der Waals surface area contributed by atoms with Gasteiger partial charge in [-0.2, -0.15) is 0 Å². The predicted octanol–water partition coefficient (Wildman–Crippen LogP) is 3.77. The van der Waals surface area contributed by atoms with Crippen LogP contribution in [0.5, 0.6) is 0 Å². The van der Waals surface area contributed by atoms with E-state index in [1.165, 1.54) is 0 Å². The summed E-state index contributed by atoms with van der Waals surface area (Å²) in [5.41, 5.74) is 8.44. The van der Waals surface area contributed by atoms with E-state index in [2.05, 4.69) is 10.6 Å². The van der Waals surface area contributed by atoms with E-state index in [0.717, 1.165) is 0 Å². The minimum Gasteiger partial charge on any atom is -0.399 e. The number of nitrogens with one attached hydrogen (secondary N) is 2. The second-order valence-corrected chi connectivity index (χ2v) is 5.48. The van der Waals surface area contributed by atoms with E-state index in [9.17, 15) is 9.59 Å². The SMILES string of the molecule is Nc1cccc(NC(=O)c2cccc(NC(=O)c3ccccc3)c2)c1. The normalized spacial score (nSPS) is 10.1. The molecule has 0 spiro atoms. The van der Waals surface area contributed by atoms with E-state index >= 15 is 0 Å². The molecule has 0 radical (unpaired) electrons. The molecule has 0 aliphatic carbocycles. The Balaban J connectivity index is 1.72. The topological polar surface area (TPSA) is 84.2 Å². The number of nitrogens with two attached hydrogens (primary N) is 1. The molecule has 0 aliphatic heterocycles. The van der Waals surface area contributed by atoms with Gasteiger partial charge in [-0.05, 0) is 48.5 Å². The van der Waals surface area contributed by atoms with Crippen LogP contribution in [0.3, 0.4) is 0 Å². The highest BCUT2D eigenvalue weighted by Gasteiger charge is 2.09. The predicted molar refractivity (Wildman–Crippen MR) is 99.6 cm³/mol. The molecule has 5 heteroatoms. The van der Waals surface area contributed by atoms with Crippen LogP contribution in [0.15, 0.2) is 78.9 Å². The van der Waals surface area contributed by atoms with Crippen LogP contribution in [-0.4, -0.2) is 11.8 Å². The Morgan fingerprint density at radius 1 is 0.640 bits per heavy atom. The van der Waals surface area contributed by atoms with Crippen molar-refractivity contribution in [3.63, 3.8) is 0 Å². The molecule has 0 unspecified atom stereocenters. The van der Waals surface area contributed by atoms with Crippen LogP contribution in [0.1, 0.15) is 20.7 Å². The largest absolute Gasteiger partial charge is 0.399 e. The smallest absolute Gasteiger partial charge is 0.255 e. The second-order valence-electron chi connectivity index (χ2n) is 5.48. The lowest BCUT2D eigenvalue weighted by atomic mass is 10.1. The minimum absolute atomic E-state index is 0.228. The first kappa shape index (κ1) is 16.3. The van der Waals surface area contributed by atoms with Gasteiger partial charge in [0.2, 0.25) is 0 Å². The Kier molecular flexibility index (Phi) is 4.76. The Labute approximate surface area is 145 Å². The molecule has 0 saturated heterocycles. The summed E-state index contributed by atoms with van der Waals surface area (Å²) in [5.74, 6) is -0.504. The Morgan fingerprint density at radius 2 is 1.20 bits per heavy atom. The maximum Gasteiger partial charge on any atom is 0.255 e. The van der Waals surface area contributed by atoms with Gasteiger partial charge in [0, 0.05) is 28.2 Å². The fourth-order valence-electron chi connectivity index (χ4n) is 2.35. The number of carbonyl (C=O) groups is 2. The summed E-state index contributed by atoms with van der Waals surface area (Å²) in [4.78, 5) is 24.6. The molecule has 0 heterocycles. The first-order chi connectivity index (χ1) is 12.1. The highest BCUT2D eigenvalue weighted by Crippen LogP contribution is 2.16. The Hall–Kier alpha value is -3.60. The minimum atomic E-state index is -0.276. The number of nitrogen functional groups attached to an aromatic ring is 1. The lowest BCUT2D eigenvalue weighted by Gasteiger charge is -2.09. The summed E-state index contributed by atoms with van der Waals surface area (Å²) in [7, 11) is 0. The first-order valence-electron chi connectivity index (χ1n) is 7.75. The molecule has 4 N–H and O–H groups in total. The zero-order chi connectivity index (χ0) is 17.6. The fourth-order valence-corrected chi connectivity index (χ4v) is 2.35. The van der Waals surface area contributed by atoms with Gasteiger partial charge in [0.05, 0.1) is 0 Å². The third-order valence-corrected chi connectivity index (χ3v) is 3.56. The van der Waals surface area contributed by atoms with Crippen molar-refractivity contribution in [1.82, 2.24) is 0 Å². The maximum absolute atomic E-state index is 12.4. The maximum atomic E-state index is 12.4. The van der Waals surface area contributed by atoms with Crippen LogP contribution in [0.4, 0.5) is 17.1 Å². The molecule has 0 aliphatic rings. The molecule has 0 fully saturated rings. The molecule has 0 bridgehead atoms. The van der Waals surface area contributed by atoms with Crippen LogP contribution < -0.4 is 16.4 Å². The Morgan fingerprint density at radius 3 is 1.88 bits per heavy atom. The highest BCUT2D eigenvalue weighted by molar-refractivity contribution is 6.07. The van der Waals surface area contributed by atoms with Crippen molar-refractivity contribution in [1.29, 1.82) is 0 Å². The molecule has 5 nitrogen and oxygen atoms in total. The van der Waals surface area contributed by atoms with E-state index in [1.807, 2.05) is 6.07 Å². The van der Waals surface area contributed by atoms with Gasteiger partial charge in [0.25, 0.3) is 11.8 Å². The molecule has 124 valence electrons. The fraction of sp³-hybridized carbons (Fsp3) is 0. The quantitative estimate of drug-likeness (QED) is 0.636. The van der Waals surface area contributed by atoms with E-state index in [4.69, 9.17) is 5.73 Å². The third-order valence-electron chi connectivity index (χ3n) is 3.56. The summed E-state index contributed by atoms with van der Waals surface area (Å²) in [6.07, 6.45) is 0. The van der Waals surface area contributed by atoms with Gasteiger partial charge in [0.15, 0.2) is 0 Å². The molecule has 3 aromatic rings. The summed E-state index contributed by atoms with van der Waals surface area (Å²) in [6.45, 7) is 0. The monoisotopic (exact) mass is 331 g/mol. The standard InChI is InChI=1S/C20H17N3O2/c21-16-9-5-11-18(13-16)23-20(25)15-8-4-10-17(12-15)22-19(24)14-6-2-1-3-7-14/h1-13H,21H2,(H,22,24)(H,23,25). The van der Waals surface area contributed by atoms with E-state index in [-0.39, 0.29) is 11.8 Å². The molecule has 25 heavy (non-hydrogen) atoms. The van der Waals surface area contributed by atoms with E-state index in [1.54, 1.807) is 72.8 Å². The third kappa shape index (κ3) is 4.23. The summed E-state index contributed by atoms with van der Waals surface area (Å²) >= 11 is 0. The van der Waals surface area contributed by atoms with E-state index in [0.29, 0.717) is 28.2 Å². The highest BCUT2D eigenvalue weighted by atomic mass is 16.2. The molecule has 2 amide bonds. The van der Waals surface area contributed by atoms with Crippen LogP contribution in [0.2, 0.25) is 0 Å². The van der Waals surface area contributed by atoms with Crippen molar-refractivity contribution in [2.45, 2.75) is 0 Å². The Bertz CT molecular complexity index is 908. The molecular weight excluding hydrogens is 314 g/mol. The number of rotatable bonds is 4. The van der Waals surface area contributed by atoms with Gasteiger partial charge in [-0.25, -0.2) is 0 Å². The zero-order valence-corrected chi connectivity index (χ0v) is 13.4. The van der Waals surface area contributed by atoms with Crippen molar-refractivity contribution in [2.24, 2.45) is 0 Å².